The number of primary amides is 1. The molecule has 0 unspecified atom stereocenters. The third kappa shape index (κ3) is 25.6. The van der Waals surface area contributed by atoms with Gasteiger partial charge in [0, 0.05) is 38.9 Å². The number of phenols is 1. The third-order valence-corrected chi connectivity index (χ3v) is 18.4. The number of aromatic hydroxyl groups is 1. The Hall–Kier alpha value is -10.4. The Balaban J connectivity index is 1.30. The molecule has 2 aromatic rings. The SMILES string of the molecule is CC(C)C[C@H](NC(=O)[C@@H](NC(=O)[C@H](CC(N)=O)NC(=O)[C@@H]1CCCN1C(=O)[C@H](Cc1ccc(O)cc1)NC(=O)[C@H](CO)NC(=O)[C@@H](NC(=O)[C@@H]1CCCN1C(=O)[C@H](C)N)C(C)C)[C@@H](C)O)C(=O)N1CCC[C@H]1C(=O)N[C@@H](CCC(=O)O)C(=O)N[C@@H](CO)C(=O)N[C@@H](Cc1ccccc1)C(=O)N[C@H](C(=O)O)[C@@H](C)O. The summed E-state index contributed by atoms with van der Waals surface area (Å²) in [4.78, 5) is 222. The molecule has 3 fully saturated rings. The molecule has 2 aromatic carbocycles. The van der Waals surface area contributed by atoms with Crippen LogP contribution < -0.4 is 64.6 Å². The Bertz CT molecular complexity index is 3550. The Morgan fingerprint density at radius 1 is 0.454 bits per heavy atom. The van der Waals surface area contributed by atoms with Gasteiger partial charge in [-0.1, -0.05) is 70.2 Å². The van der Waals surface area contributed by atoms with Gasteiger partial charge in [0.1, 0.15) is 78.3 Å². The number of hydrogen-bond donors (Lipinski definition) is 19. The Labute approximate surface area is 622 Å². The maximum Gasteiger partial charge on any atom is 0.328 e. The molecule has 14 amide bonds. The lowest BCUT2D eigenvalue weighted by Crippen LogP contribution is -2.62. The number of carboxylic acids is 2. The molecule has 0 bridgehead atoms. The Morgan fingerprint density at radius 3 is 1.31 bits per heavy atom. The molecule has 0 aliphatic carbocycles. The van der Waals surface area contributed by atoms with Crippen molar-refractivity contribution in [1.82, 2.24) is 67.9 Å². The highest BCUT2D eigenvalue weighted by molar-refractivity contribution is 6.01. The quantitative estimate of drug-likeness (QED) is 0.0295. The fraction of sp³-hybridized carbons (Fsp3) is 0.600. The minimum absolute atomic E-state index is 0.0428. The number of benzene rings is 2. The largest absolute Gasteiger partial charge is 0.508 e. The first-order chi connectivity index (χ1) is 50.9. The number of aliphatic hydroxyl groups excluding tert-OH is 4. The van der Waals surface area contributed by atoms with Gasteiger partial charge in [0.2, 0.25) is 82.7 Å². The van der Waals surface area contributed by atoms with Gasteiger partial charge in [0.15, 0.2) is 6.04 Å². The summed E-state index contributed by atoms with van der Waals surface area (Å²) in [6, 6.07) is -8.11. The third-order valence-electron chi connectivity index (χ3n) is 18.4. The van der Waals surface area contributed by atoms with Gasteiger partial charge < -0.3 is 115 Å². The molecule has 3 aliphatic rings. The number of phenolic OH excluding ortho intramolecular Hbond substituents is 1. The number of hydrogen-bond acceptors (Lipinski definition) is 22. The number of aliphatic carboxylic acids is 2. The van der Waals surface area contributed by atoms with E-state index in [1.165, 1.54) is 36.1 Å². The maximum absolute atomic E-state index is 14.8. The fourth-order valence-electron chi connectivity index (χ4n) is 12.7. The molecule has 38 nitrogen and oxygen atoms in total. The molecular formula is C70H103N15O23. The van der Waals surface area contributed by atoms with Crippen molar-refractivity contribution in [2.45, 2.75) is 222 Å². The number of carboxylic acid groups (broad SMARTS) is 2. The molecule has 5 rings (SSSR count). The number of likely N-dealkylation sites (tertiary alicyclic amines) is 3. The van der Waals surface area contributed by atoms with Crippen molar-refractivity contribution in [3.8, 4) is 5.75 Å². The highest BCUT2D eigenvalue weighted by Crippen LogP contribution is 2.25. The van der Waals surface area contributed by atoms with E-state index in [2.05, 4.69) is 53.2 Å². The first-order valence-electron chi connectivity index (χ1n) is 35.7. The van der Waals surface area contributed by atoms with Crippen LogP contribution in [0.25, 0.3) is 0 Å². The van der Waals surface area contributed by atoms with Gasteiger partial charge >= 0.3 is 11.9 Å². The molecule has 596 valence electrons. The zero-order chi connectivity index (χ0) is 80.5. The summed E-state index contributed by atoms with van der Waals surface area (Å²) >= 11 is 0. The lowest BCUT2D eigenvalue weighted by molar-refractivity contribution is -0.145. The number of aliphatic hydroxyl groups is 4. The molecule has 3 heterocycles. The molecule has 108 heavy (non-hydrogen) atoms. The van der Waals surface area contributed by atoms with Gasteiger partial charge in [0.05, 0.1) is 37.9 Å². The maximum atomic E-state index is 14.8. The van der Waals surface area contributed by atoms with Gasteiger partial charge in [0.25, 0.3) is 0 Å². The molecule has 3 aliphatic heterocycles. The normalized spacial score (nSPS) is 19.2. The molecule has 3 saturated heterocycles. The van der Waals surface area contributed by atoms with E-state index in [1.807, 2.05) is 0 Å². The topological polar surface area (TPSA) is 597 Å². The number of nitrogens with one attached hydrogen (secondary N) is 10. The second-order valence-electron chi connectivity index (χ2n) is 28.0. The highest BCUT2D eigenvalue weighted by Gasteiger charge is 2.45. The first-order valence-corrected chi connectivity index (χ1v) is 35.7. The molecule has 38 heteroatoms. The van der Waals surface area contributed by atoms with Crippen molar-refractivity contribution < 1.29 is 112 Å². The number of nitrogens with zero attached hydrogens (tertiary/aromatic N) is 3. The number of rotatable bonds is 40. The molecule has 16 atom stereocenters. The molecule has 0 aromatic heterocycles. The summed E-state index contributed by atoms with van der Waals surface area (Å²) in [6.07, 6.45) is -5.29. The van der Waals surface area contributed by atoms with Crippen molar-refractivity contribution in [3.05, 3.63) is 65.7 Å². The van der Waals surface area contributed by atoms with Crippen molar-refractivity contribution >= 4 is 94.6 Å². The second-order valence-corrected chi connectivity index (χ2v) is 28.0. The van der Waals surface area contributed by atoms with Crippen LogP contribution in [-0.4, -0.2) is 275 Å². The molecule has 21 N–H and O–H groups in total. The van der Waals surface area contributed by atoms with E-state index in [9.17, 15) is 112 Å². The lowest BCUT2D eigenvalue weighted by atomic mass is 10.0. The lowest BCUT2D eigenvalue weighted by Gasteiger charge is -2.32. The monoisotopic (exact) mass is 1520 g/mol. The van der Waals surface area contributed by atoms with Crippen LogP contribution in [-0.2, 0) is 89.6 Å². The standard InChI is InChI=1S/C70H103N15O23/c1-34(2)28-45(68(105)84-26-12-16-49(84)62(99)73-42(23-24-53(92)93)57(94)78-47(32-86)60(97)74-43(29-39-14-9-8-10-15-39)58(95)82-56(38(7)89)70(107)108)77-66(103)55(37(6)88)81-59(96)44(31-52(72)91)75-63(100)50-17-13-27-85(50)69(106)46(30-40-19-21-41(90)22-20-40)76-61(98)48(33-87)79-65(102)54(35(3)4)80-64(101)51-18-11-25-83(51)67(104)36(5)71/h8-10,14-15,19-22,34-38,42-51,54-56,86-90H,11-13,16-18,23-33,71H2,1-7H3,(H2,72,91)(H,73,99)(H,74,97)(H,75,100)(H,76,98)(H,77,103)(H,78,94)(H,79,102)(H,80,101)(H,81,96)(H,82,95)(H,92,93)(H,107,108)/t36-,37+,38+,42-,43-,44-,45-,46-,47-,48-,49-,50-,51-,54-,55-,56-/m0/s1. The summed E-state index contributed by atoms with van der Waals surface area (Å²) in [7, 11) is 0. The summed E-state index contributed by atoms with van der Waals surface area (Å²) in [6.45, 7) is 8.12. The van der Waals surface area contributed by atoms with E-state index < -0.39 is 230 Å². The van der Waals surface area contributed by atoms with E-state index in [1.54, 1.807) is 58.0 Å². The average molecular weight is 1520 g/mol. The van der Waals surface area contributed by atoms with Gasteiger partial charge in [-0.15, -0.1) is 0 Å². The van der Waals surface area contributed by atoms with Gasteiger partial charge in [-0.05, 0) is 107 Å². The van der Waals surface area contributed by atoms with E-state index in [4.69, 9.17) is 11.5 Å². The van der Waals surface area contributed by atoms with Crippen LogP contribution >= 0.6 is 0 Å². The number of carbonyl (C=O) groups excluding carboxylic acids is 14. The Kier molecular flexibility index (Phi) is 34.0. The van der Waals surface area contributed by atoms with E-state index in [0.29, 0.717) is 17.5 Å². The molecule has 0 radical (unpaired) electrons. The molecule has 0 saturated carbocycles. The van der Waals surface area contributed by atoms with Crippen molar-refractivity contribution in [1.29, 1.82) is 0 Å². The van der Waals surface area contributed by atoms with Gasteiger partial charge in [-0.3, -0.25) is 71.9 Å². The Morgan fingerprint density at radius 2 is 0.852 bits per heavy atom. The van der Waals surface area contributed by atoms with Crippen LogP contribution in [0.2, 0.25) is 0 Å². The fourth-order valence-corrected chi connectivity index (χ4v) is 12.7. The smallest absolute Gasteiger partial charge is 0.328 e. The molecule has 0 spiro atoms. The van der Waals surface area contributed by atoms with Crippen LogP contribution in [0.15, 0.2) is 54.6 Å². The minimum Gasteiger partial charge on any atom is -0.508 e. The minimum atomic E-state index is -1.95. The number of amides is 14. The van der Waals surface area contributed by atoms with Crippen LogP contribution in [0, 0.1) is 11.8 Å². The predicted octanol–water partition coefficient (Wildman–Crippen LogP) is -6.38. The van der Waals surface area contributed by atoms with Gasteiger partial charge in [-0.2, -0.15) is 0 Å². The van der Waals surface area contributed by atoms with Crippen molar-refractivity contribution in [3.63, 3.8) is 0 Å². The van der Waals surface area contributed by atoms with Gasteiger partial charge in [-0.25, -0.2) is 4.79 Å². The summed E-state index contributed by atoms with van der Waals surface area (Å²) in [5.74, 6) is -18.1. The number of nitrogens with two attached hydrogens (primary N) is 2. The zero-order valence-electron chi connectivity index (χ0n) is 61.3. The van der Waals surface area contributed by atoms with E-state index in [-0.39, 0.29) is 82.7 Å². The van der Waals surface area contributed by atoms with Crippen LogP contribution in [0.5, 0.6) is 5.75 Å². The van der Waals surface area contributed by atoms with Crippen molar-refractivity contribution in [2.75, 3.05) is 32.8 Å². The van der Waals surface area contributed by atoms with Crippen LogP contribution in [0.3, 0.4) is 0 Å². The predicted molar refractivity (Wildman–Crippen MR) is 379 cm³/mol. The summed E-state index contributed by atoms with van der Waals surface area (Å²) in [5.41, 5.74) is 12.2. The zero-order valence-corrected chi connectivity index (χ0v) is 61.3. The highest BCUT2D eigenvalue weighted by atomic mass is 16.4. The van der Waals surface area contributed by atoms with Crippen LogP contribution in [0.4, 0.5) is 0 Å². The summed E-state index contributed by atoms with van der Waals surface area (Å²) < 4.78 is 0. The summed E-state index contributed by atoms with van der Waals surface area (Å²) in [5, 5.41) is 95.2. The first kappa shape index (κ1) is 88.2. The second kappa shape index (κ2) is 41.6. The average Bonchev–Trinajstić information content (AvgIpc) is 1.60. The van der Waals surface area contributed by atoms with Crippen LogP contribution in [0.1, 0.15) is 124 Å². The van der Waals surface area contributed by atoms with E-state index >= 15 is 0 Å². The molecular weight excluding hydrogens is 1420 g/mol. The number of carbonyl (C=O) groups is 16. The van der Waals surface area contributed by atoms with E-state index in [0.717, 1.165) is 23.6 Å². The van der Waals surface area contributed by atoms with Crippen molar-refractivity contribution in [2.24, 2.45) is 23.3 Å².